The first kappa shape index (κ1) is 13.7. The monoisotopic (exact) mass is 305 g/mol. The van der Waals surface area contributed by atoms with Gasteiger partial charge in [0.1, 0.15) is 12.1 Å². The number of hydrogen-bond donors (Lipinski definition) is 0. The van der Waals surface area contributed by atoms with Crippen LogP contribution in [0.3, 0.4) is 0 Å². The molecular weight excluding hydrogens is 290 g/mol. The van der Waals surface area contributed by atoms with Gasteiger partial charge in [-0.3, -0.25) is 4.79 Å². The minimum atomic E-state index is -0.254. The van der Waals surface area contributed by atoms with Gasteiger partial charge in [-0.2, -0.15) is 0 Å². The summed E-state index contributed by atoms with van der Waals surface area (Å²) in [5, 5.41) is 10.7. The van der Waals surface area contributed by atoms with Crippen LogP contribution in [0.2, 0.25) is 0 Å². The Balaban J connectivity index is 2.10. The van der Waals surface area contributed by atoms with E-state index in [1.165, 1.54) is 0 Å². The number of rotatable bonds is 3. The molecule has 2 aromatic carbocycles. The molecule has 0 aliphatic heterocycles. The predicted octanol–water partition coefficient (Wildman–Crippen LogP) is 3.30. The molecule has 0 fully saturated rings. The summed E-state index contributed by atoms with van der Waals surface area (Å²) in [6.07, 6.45) is 0. The van der Waals surface area contributed by atoms with Crippen LogP contribution in [0.1, 0.15) is 6.92 Å². The van der Waals surface area contributed by atoms with Gasteiger partial charge < -0.3 is 9.30 Å². The zero-order valence-corrected chi connectivity index (χ0v) is 12.7. The zero-order valence-electron chi connectivity index (χ0n) is 12.7. The van der Waals surface area contributed by atoms with Gasteiger partial charge in [-0.1, -0.05) is 36.4 Å². The fraction of sp³-hybridized carbons (Fsp3) is 0.167. The van der Waals surface area contributed by atoms with E-state index in [1.54, 1.807) is 0 Å². The summed E-state index contributed by atoms with van der Waals surface area (Å²) >= 11 is 0. The number of benzene rings is 2. The molecule has 23 heavy (non-hydrogen) atoms. The van der Waals surface area contributed by atoms with Crippen LogP contribution in [0.15, 0.2) is 48.5 Å². The van der Waals surface area contributed by atoms with Gasteiger partial charge in [0.05, 0.1) is 23.2 Å². The maximum absolute atomic E-state index is 12.1. The van der Waals surface area contributed by atoms with Gasteiger partial charge >= 0.3 is 5.97 Å². The number of fused-ring (bicyclic) bond motifs is 5. The Labute approximate surface area is 132 Å². The number of carbonyl (C=O) groups is 1. The zero-order chi connectivity index (χ0) is 15.8. The van der Waals surface area contributed by atoms with E-state index in [2.05, 4.69) is 10.2 Å². The molecule has 0 N–H and O–H groups in total. The van der Waals surface area contributed by atoms with Crippen molar-refractivity contribution in [3.8, 4) is 0 Å². The van der Waals surface area contributed by atoms with Gasteiger partial charge in [0.15, 0.2) is 0 Å². The van der Waals surface area contributed by atoms with Crippen LogP contribution >= 0.6 is 0 Å². The Morgan fingerprint density at radius 1 is 1.04 bits per heavy atom. The molecule has 4 aromatic rings. The number of carbonyl (C=O) groups excluding carboxylic acids is 1. The molecule has 2 heterocycles. The van der Waals surface area contributed by atoms with Crippen LogP contribution in [0.25, 0.3) is 32.8 Å². The molecule has 0 aliphatic carbocycles. The van der Waals surface area contributed by atoms with E-state index < -0.39 is 0 Å². The molecule has 114 valence electrons. The first-order valence-corrected chi connectivity index (χ1v) is 7.57. The van der Waals surface area contributed by atoms with Crippen LogP contribution in [-0.4, -0.2) is 27.3 Å². The number of aromatic nitrogens is 3. The van der Waals surface area contributed by atoms with Crippen LogP contribution in [0.5, 0.6) is 0 Å². The quantitative estimate of drug-likeness (QED) is 0.545. The molecule has 0 saturated heterocycles. The summed E-state index contributed by atoms with van der Waals surface area (Å²) in [7, 11) is 0. The molecule has 4 rings (SSSR count). The first-order valence-electron chi connectivity index (χ1n) is 7.57. The molecular formula is C18H15N3O2. The van der Waals surface area contributed by atoms with Gasteiger partial charge in [-0.15, -0.1) is 10.2 Å². The molecule has 2 aromatic heterocycles. The highest BCUT2D eigenvalue weighted by Gasteiger charge is 2.17. The molecule has 0 bridgehead atoms. The second-order valence-corrected chi connectivity index (χ2v) is 5.32. The molecule has 0 amide bonds. The fourth-order valence-corrected chi connectivity index (χ4v) is 3.02. The van der Waals surface area contributed by atoms with E-state index in [1.807, 2.05) is 60.0 Å². The molecule has 0 spiro atoms. The van der Waals surface area contributed by atoms with E-state index in [-0.39, 0.29) is 12.5 Å². The summed E-state index contributed by atoms with van der Waals surface area (Å²) < 4.78 is 7.10. The standard InChI is InChI=1S/C18H15N3O2/c1-2-23-16(22)11-21-15-10-6-4-8-13(15)17-18(21)12-7-3-5-9-14(12)19-20-17/h3-10H,2,11H2,1H3. The Bertz CT molecular complexity index is 1040. The average molecular weight is 305 g/mol. The van der Waals surface area contributed by atoms with Gasteiger partial charge in [0, 0.05) is 10.8 Å². The van der Waals surface area contributed by atoms with Crippen molar-refractivity contribution in [2.75, 3.05) is 6.61 Å². The van der Waals surface area contributed by atoms with Crippen molar-refractivity contribution < 1.29 is 9.53 Å². The van der Waals surface area contributed by atoms with Crippen molar-refractivity contribution in [2.45, 2.75) is 13.5 Å². The van der Waals surface area contributed by atoms with E-state index >= 15 is 0 Å². The highest BCUT2D eigenvalue weighted by molar-refractivity contribution is 6.14. The topological polar surface area (TPSA) is 57.0 Å². The third-order valence-corrected chi connectivity index (χ3v) is 3.95. The number of esters is 1. The fourth-order valence-electron chi connectivity index (χ4n) is 3.02. The molecule has 0 radical (unpaired) electrons. The lowest BCUT2D eigenvalue weighted by Gasteiger charge is -2.08. The largest absolute Gasteiger partial charge is 0.465 e. The Morgan fingerprint density at radius 3 is 2.61 bits per heavy atom. The van der Waals surface area contributed by atoms with Crippen LogP contribution < -0.4 is 0 Å². The van der Waals surface area contributed by atoms with E-state index in [4.69, 9.17) is 4.74 Å². The first-order chi connectivity index (χ1) is 11.3. The van der Waals surface area contributed by atoms with Gasteiger partial charge in [0.2, 0.25) is 0 Å². The lowest BCUT2D eigenvalue weighted by molar-refractivity contribution is -0.143. The molecule has 5 heteroatoms. The third-order valence-electron chi connectivity index (χ3n) is 3.95. The van der Waals surface area contributed by atoms with E-state index in [0.717, 1.165) is 32.8 Å². The molecule has 0 saturated carbocycles. The molecule has 0 atom stereocenters. The van der Waals surface area contributed by atoms with Crippen molar-refractivity contribution in [2.24, 2.45) is 0 Å². The van der Waals surface area contributed by atoms with Crippen molar-refractivity contribution in [3.05, 3.63) is 48.5 Å². The van der Waals surface area contributed by atoms with Crippen LogP contribution in [0.4, 0.5) is 0 Å². The summed E-state index contributed by atoms with van der Waals surface area (Å²) in [6, 6.07) is 15.7. The number of hydrogen-bond acceptors (Lipinski definition) is 4. The van der Waals surface area contributed by atoms with E-state index in [0.29, 0.717) is 6.61 Å². The normalized spacial score (nSPS) is 11.3. The van der Waals surface area contributed by atoms with Gasteiger partial charge in [-0.25, -0.2) is 0 Å². The summed E-state index contributed by atoms with van der Waals surface area (Å²) in [4.78, 5) is 12.1. The lowest BCUT2D eigenvalue weighted by atomic mass is 10.2. The molecule has 5 nitrogen and oxygen atoms in total. The lowest BCUT2D eigenvalue weighted by Crippen LogP contribution is -2.13. The average Bonchev–Trinajstić information content (AvgIpc) is 2.90. The SMILES string of the molecule is CCOC(=O)Cn1c2ccccc2c2nnc3ccccc3c21. The van der Waals surface area contributed by atoms with Gasteiger partial charge in [0.25, 0.3) is 0 Å². The van der Waals surface area contributed by atoms with Crippen molar-refractivity contribution >= 4 is 38.8 Å². The number of ether oxygens (including phenoxy) is 1. The van der Waals surface area contributed by atoms with Crippen LogP contribution in [-0.2, 0) is 16.1 Å². The molecule has 0 aliphatic rings. The maximum Gasteiger partial charge on any atom is 0.325 e. The predicted molar refractivity (Wildman–Crippen MR) is 89.2 cm³/mol. The van der Waals surface area contributed by atoms with Crippen molar-refractivity contribution in [1.29, 1.82) is 0 Å². The smallest absolute Gasteiger partial charge is 0.325 e. The van der Waals surface area contributed by atoms with E-state index in [9.17, 15) is 4.79 Å². The Kier molecular flexibility index (Phi) is 3.19. The number of nitrogens with zero attached hydrogens (tertiary/aromatic N) is 3. The van der Waals surface area contributed by atoms with Crippen molar-refractivity contribution in [3.63, 3.8) is 0 Å². The third kappa shape index (κ3) is 2.12. The maximum atomic E-state index is 12.1. The number of para-hydroxylation sites is 1. The highest BCUT2D eigenvalue weighted by Crippen LogP contribution is 2.31. The van der Waals surface area contributed by atoms with Crippen LogP contribution in [0, 0.1) is 0 Å². The highest BCUT2D eigenvalue weighted by atomic mass is 16.5. The minimum Gasteiger partial charge on any atom is -0.465 e. The molecule has 0 unspecified atom stereocenters. The van der Waals surface area contributed by atoms with Crippen molar-refractivity contribution in [1.82, 2.24) is 14.8 Å². The Hall–Kier alpha value is -2.95. The summed E-state index contributed by atoms with van der Waals surface area (Å²) in [6.45, 7) is 2.34. The summed E-state index contributed by atoms with van der Waals surface area (Å²) in [5.41, 5.74) is 3.50. The second kappa shape index (κ2) is 5.35. The Morgan fingerprint density at radius 2 is 1.78 bits per heavy atom. The minimum absolute atomic E-state index is 0.160. The summed E-state index contributed by atoms with van der Waals surface area (Å²) in [5.74, 6) is -0.254. The second-order valence-electron chi connectivity index (χ2n) is 5.32. The van der Waals surface area contributed by atoms with Gasteiger partial charge in [-0.05, 0) is 19.1 Å².